The number of carbonyl (C=O) groups is 1. The summed E-state index contributed by atoms with van der Waals surface area (Å²) in [5.41, 5.74) is 8.56. The van der Waals surface area contributed by atoms with Gasteiger partial charge in [0, 0.05) is 17.5 Å². The fourth-order valence-electron chi connectivity index (χ4n) is 2.58. The van der Waals surface area contributed by atoms with Crippen molar-refractivity contribution in [1.29, 1.82) is 0 Å². The van der Waals surface area contributed by atoms with E-state index in [1.165, 1.54) is 12.1 Å². The minimum absolute atomic E-state index is 0.163. The SMILES string of the molecule is CCOC(=O)c1cc(-c2ccc(S(C)(=O)=O)cc2)n(-c2ccc(N)cc2)n1. The number of nitrogens with two attached hydrogens (primary N) is 1. The molecule has 1 aromatic heterocycles. The number of anilines is 1. The maximum Gasteiger partial charge on any atom is 0.358 e. The molecule has 0 aliphatic carbocycles. The fourth-order valence-corrected chi connectivity index (χ4v) is 3.21. The second-order valence-corrected chi connectivity index (χ2v) is 7.95. The zero-order chi connectivity index (χ0) is 19.6. The predicted molar refractivity (Wildman–Crippen MR) is 102 cm³/mol. The zero-order valence-electron chi connectivity index (χ0n) is 14.9. The molecule has 1 heterocycles. The molecule has 8 heteroatoms. The summed E-state index contributed by atoms with van der Waals surface area (Å²) in [6.45, 7) is 1.96. The predicted octanol–water partition coefficient (Wildman–Crippen LogP) is 2.70. The maximum atomic E-state index is 12.1. The van der Waals surface area contributed by atoms with E-state index in [0.717, 1.165) is 6.26 Å². The van der Waals surface area contributed by atoms with Crippen LogP contribution < -0.4 is 5.73 Å². The largest absolute Gasteiger partial charge is 0.461 e. The van der Waals surface area contributed by atoms with Gasteiger partial charge < -0.3 is 10.5 Å². The highest BCUT2D eigenvalue weighted by molar-refractivity contribution is 7.90. The molecule has 7 nitrogen and oxygen atoms in total. The molecule has 140 valence electrons. The maximum absolute atomic E-state index is 12.1. The van der Waals surface area contributed by atoms with Crippen LogP contribution in [-0.4, -0.2) is 37.0 Å². The van der Waals surface area contributed by atoms with Crippen molar-refractivity contribution in [3.8, 4) is 16.9 Å². The van der Waals surface area contributed by atoms with Gasteiger partial charge in [-0.3, -0.25) is 0 Å². The van der Waals surface area contributed by atoms with Crippen LogP contribution in [0.15, 0.2) is 59.5 Å². The Morgan fingerprint density at radius 3 is 2.30 bits per heavy atom. The smallest absolute Gasteiger partial charge is 0.358 e. The molecule has 3 rings (SSSR count). The number of sulfone groups is 1. The lowest BCUT2D eigenvalue weighted by Crippen LogP contribution is -2.06. The Balaban J connectivity index is 2.12. The first-order chi connectivity index (χ1) is 12.8. The van der Waals surface area contributed by atoms with Crippen molar-refractivity contribution in [3.63, 3.8) is 0 Å². The Hall–Kier alpha value is -3.13. The molecule has 0 spiro atoms. The Morgan fingerprint density at radius 2 is 1.74 bits per heavy atom. The van der Waals surface area contributed by atoms with Crippen LogP contribution in [-0.2, 0) is 14.6 Å². The molecule has 0 bridgehead atoms. The number of aromatic nitrogens is 2. The molecule has 0 radical (unpaired) electrons. The molecule has 0 saturated carbocycles. The van der Waals surface area contributed by atoms with Gasteiger partial charge in [0.1, 0.15) is 0 Å². The molecule has 2 aromatic carbocycles. The second-order valence-electron chi connectivity index (χ2n) is 5.94. The monoisotopic (exact) mass is 385 g/mol. The normalized spacial score (nSPS) is 11.3. The molecule has 0 aliphatic heterocycles. The van der Waals surface area contributed by atoms with Gasteiger partial charge in [0.25, 0.3) is 0 Å². The van der Waals surface area contributed by atoms with Gasteiger partial charge in [0.2, 0.25) is 0 Å². The Kier molecular flexibility index (Phi) is 5.00. The van der Waals surface area contributed by atoms with E-state index in [0.29, 0.717) is 22.6 Å². The van der Waals surface area contributed by atoms with E-state index in [4.69, 9.17) is 10.5 Å². The summed E-state index contributed by atoms with van der Waals surface area (Å²) >= 11 is 0. The Bertz CT molecular complexity index is 1070. The average molecular weight is 385 g/mol. The van der Waals surface area contributed by atoms with Gasteiger partial charge in [-0.2, -0.15) is 5.10 Å². The molecular formula is C19H19N3O4S. The van der Waals surface area contributed by atoms with Crippen LogP contribution in [0.5, 0.6) is 0 Å². The zero-order valence-corrected chi connectivity index (χ0v) is 15.7. The third kappa shape index (κ3) is 4.01. The van der Waals surface area contributed by atoms with E-state index in [1.54, 1.807) is 54.1 Å². The van der Waals surface area contributed by atoms with Crippen LogP contribution in [0.3, 0.4) is 0 Å². The summed E-state index contributed by atoms with van der Waals surface area (Å²) in [7, 11) is -3.29. The summed E-state index contributed by atoms with van der Waals surface area (Å²) < 4.78 is 30.0. The number of hydrogen-bond donors (Lipinski definition) is 1. The quantitative estimate of drug-likeness (QED) is 0.535. The summed E-state index contributed by atoms with van der Waals surface area (Å²) in [6.07, 6.45) is 1.15. The van der Waals surface area contributed by atoms with Crippen LogP contribution in [0.4, 0.5) is 5.69 Å². The van der Waals surface area contributed by atoms with Crippen molar-refractivity contribution >= 4 is 21.5 Å². The molecular weight excluding hydrogens is 366 g/mol. The first-order valence-corrected chi connectivity index (χ1v) is 10.1. The Labute approximate surface area is 157 Å². The number of hydrogen-bond acceptors (Lipinski definition) is 6. The molecule has 0 saturated heterocycles. The van der Waals surface area contributed by atoms with E-state index < -0.39 is 15.8 Å². The molecule has 0 aliphatic rings. The third-order valence-corrected chi connectivity index (χ3v) is 5.04. The number of nitrogens with zero attached hydrogens (tertiary/aromatic N) is 2. The van der Waals surface area contributed by atoms with Gasteiger partial charge in [-0.25, -0.2) is 17.9 Å². The fraction of sp³-hybridized carbons (Fsp3) is 0.158. The number of ether oxygens (including phenoxy) is 1. The average Bonchev–Trinajstić information content (AvgIpc) is 3.07. The highest BCUT2D eigenvalue weighted by Crippen LogP contribution is 2.26. The van der Waals surface area contributed by atoms with Crippen molar-refractivity contribution < 1.29 is 17.9 Å². The van der Waals surface area contributed by atoms with Crippen LogP contribution >= 0.6 is 0 Å². The highest BCUT2D eigenvalue weighted by atomic mass is 32.2. The van der Waals surface area contributed by atoms with Gasteiger partial charge in [-0.1, -0.05) is 12.1 Å². The van der Waals surface area contributed by atoms with Crippen LogP contribution in [0.1, 0.15) is 17.4 Å². The van der Waals surface area contributed by atoms with Gasteiger partial charge in [0.05, 0.1) is 22.9 Å². The first kappa shape index (κ1) is 18.7. The molecule has 0 amide bonds. The molecule has 0 atom stereocenters. The number of benzene rings is 2. The lowest BCUT2D eigenvalue weighted by molar-refractivity contribution is 0.0519. The van der Waals surface area contributed by atoms with E-state index in [9.17, 15) is 13.2 Å². The van der Waals surface area contributed by atoms with Gasteiger partial charge in [-0.05, 0) is 49.4 Å². The van der Waals surface area contributed by atoms with Gasteiger partial charge in [0.15, 0.2) is 15.5 Å². The van der Waals surface area contributed by atoms with Gasteiger partial charge in [-0.15, -0.1) is 0 Å². The van der Waals surface area contributed by atoms with E-state index >= 15 is 0 Å². The van der Waals surface area contributed by atoms with Crippen molar-refractivity contribution in [3.05, 3.63) is 60.3 Å². The molecule has 0 unspecified atom stereocenters. The molecule has 27 heavy (non-hydrogen) atoms. The Morgan fingerprint density at radius 1 is 1.11 bits per heavy atom. The lowest BCUT2D eigenvalue weighted by Gasteiger charge is -2.08. The summed E-state index contributed by atoms with van der Waals surface area (Å²) in [4.78, 5) is 12.3. The minimum Gasteiger partial charge on any atom is -0.461 e. The summed E-state index contributed by atoms with van der Waals surface area (Å²) in [5, 5.41) is 4.36. The second kappa shape index (κ2) is 7.24. The van der Waals surface area contributed by atoms with E-state index in [1.807, 2.05) is 0 Å². The first-order valence-electron chi connectivity index (χ1n) is 8.23. The standard InChI is InChI=1S/C19H19N3O4S/c1-3-26-19(23)17-12-18(13-4-10-16(11-5-13)27(2,24)25)22(21-17)15-8-6-14(20)7-9-15/h4-12H,3,20H2,1-2H3. The molecule has 3 aromatic rings. The highest BCUT2D eigenvalue weighted by Gasteiger charge is 2.18. The lowest BCUT2D eigenvalue weighted by atomic mass is 10.1. The van der Waals surface area contributed by atoms with Crippen molar-refractivity contribution in [1.82, 2.24) is 9.78 Å². The number of rotatable bonds is 5. The summed E-state index contributed by atoms with van der Waals surface area (Å²) in [5.74, 6) is -0.527. The minimum atomic E-state index is -3.29. The molecule has 0 fully saturated rings. The van der Waals surface area contributed by atoms with E-state index in [2.05, 4.69) is 5.10 Å². The van der Waals surface area contributed by atoms with Crippen molar-refractivity contribution in [2.45, 2.75) is 11.8 Å². The van der Waals surface area contributed by atoms with Crippen molar-refractivity contribution in [2.75, 3.05) is 18.6 Å². The van der Waals surface area contributed by atoms with Crippen molar-refractivity contribution in [2.24, 2.45) is 0 Å². The number of nitrogen functional groups attached to an aromatic ring is 1. The summed E-state index contributed by atoms with van der Waals surface area (Å²) in [6, 6.07) is 15.0. The molecule has 2 N–H and O–H groups in total. The third-order valence-electron chi connectivity index (χ3n) is 3.91. The van der Waals surface area contributed by atoms with Crippen LogP contribution in [0.25, 0.3) is 16.9 Å². The number of carbonyl (C=O) groups excluding carboxylic acids is 1. The van der Waals surface area contributed by atoms with E-state index in [-0.39, 0.29) is 17.2 Å². The number of esters is 1. The van der Waals surface area contributed by atoms with Crippen LogP contribution in [0, 0.1) is 0 Å². The van der Waals surface area contributed by atoms with Gasteiger partial charge >= 0.3 is 5.97 Å². The van der Waals surface area contributed by atoms with Crippen LogP contribution in [0.2, 0.25) is 0 Å². The topological polar surface area (TPSA) is 104 Å².